The Morgan fingerprint density at radius 2 is 1.78 bits per heavy atom. The predicted octanol–water partition coefficient (Wildman–Crippen LogP) is 3.87. The highest BCUT2D eigenvalue weighted by Gasteiger charge is 2.64. The number of carbonyl (C=O) groups excluding carboxylic acids is 1. The molecular formula is C28H37N3O. The summed E-state index contributed by atoms with van der Waals surface area (Å²) in [6.07, 6.45) is 2.96. The summed E-state index contributed by atoms with van der Waals surface area (Å²) in [6, 6.07) is 21.8. The number of hydrogen-bond donors (Lipinski definition) is 2. The Kier molecular flexibility index (Phi) is 6.09. The number of rotatable bonds is 8. The standard InChI is InChI=1S/C28H37N3O/c1-20(2)15-25-26-24-17-30-28(25,27(32)29-14-13-21-9-5-3-6-10-21)16-23(24)19-31(26)18-22-11-7-4-8-12-22/h3-12,20,23-26,30H,13-19H2,1-2H3,(H,29,32)/t23-,24-,25-,26+,28+/m1/s1. The van der Waals surface area contributed by atoms with Gasteiger partial charge in [0.05, 0.1) is 0 Å². The van der Waals surface area contributed by atoms with E-state index in [-0.39, 0.29) is 5.91 Å². The fraction of sp³-hybridized carbons (Fsp3) is 0.536. The molecule has 3 heterocycles. The number of nitrogens with one attached hydrogen (secondary N) is 2. The second kappa shape index (κ2) is 8.99. The molecule has 0 radical (unpaired) electrons. The highest BCUT2D eigenvalue weighted by atomic mass is 16.2. The van der Waals surface area contributed by atoms with E-state index in [0.717, 1.165) is 38.9 Å². The van der Waals surface area contributed by atoms with Gasteiger partial charge in [-0.25, -0.2) is 0 Å². The number of nitrogens with zero attached hydrogens (tertiary/aromatic N) is 1. The van der Waals surface area contributed by atoms with E-state index < -0.39 is 5.54 Å². The SMILES string of the molecule is CC(C)C[C@@H]1[C@@H]2[C@@H]3CN[C@@]1(C(=O)NCCc1ccccc1)C[C@@H]3CN2Cc1ccccc1. The van der Waals surface area contributed by atoms with Crippen LogP contribution in [0.3, 0.4) is 0 Å². The largest absolute Gasteiger partial charge is 0.354 e. The molecule has 1 saturated carbocycles. The maximum atomic E-state index is 13.7. The molecule has 0 spiro atoms. The molecule has 4 bridgehead atoms. The number of hydrogen-bond acceptors (Lipinski definition) is 3. The molecule has 0 unspecified atom stereocenters. The number of likely N-dealkylation sites (tertiary alicyclic amines) is 1. The minimum Gasteiger partial charge on any atom is -0.354 e. The van der Waals surface area contributed by atoms with Gasteiger partial charge < -0.3 is 10.6 Å². The third-order valence-electron chi connectivity index (χ3n) is 8.12. The van der Waals surface area contributed by atoms with Crippen molar-refractivity contribution in [3.8, 4) is 0 Å². The monoisotopic (exact) mass is 431 g/mol. The lowest BCUT2D eigenvalue weighted by molar-refractivity contribution is -0.139. The number of amides is 1. The van der Waals surface area contributed by atoms with Gasteiger partial charge in [-0.1, -0.05) is 74.5 Å². The van der Waals surface area contributed by atoms with Crippen LogP contribution in [0.4, 0.5) is 0 Å². The third kappa shape index (κ3) is 3.99. The first kappa shape index (κ1) is 21.7. The molecule has 3 saturated heterocycles. The highest BCUT2D eigenvalue weighted by molar-refractivity contribution is 5.87. The first-order valence-corrected chi connectivity index (χ1v) is 12.4. The van der Waals surface area contributed by atoms with E-state index >= 15 is 0 Å². The van der Waals surface area contributed by atoms with Crippen LogP contribution < -0.4 is 10.6 Å². The summed E-state index contributed by atoms with van der Waals surface area (Å²) >= 11 is 0. The van der Waals surface area contributed by atoms with E-state index in [1.54, 1.807) is 0 Å². The minimum atomic E-state index is -0.420. The first-order valence-electron chi connectivity index (χ1n) is 12.4. The van der Waals surface area contributed by atoms with Crippen LogP contribution in [-0.4, -0.2) is 42.0 Å². The van der Waals surface area contributed by atoms with Crippen molar-refractivity contribution in [2.45, 2.75) is 51.2 Å². The van der Waals surface area contributed by atoms with Gasteiger partial charge in [-0.15, -0.1) is 0 Å². The van der Waals surface area contributed by atoms with Gasteiger partial charge in [0.25, 0.3) is 0 Å². The van der Waals surface area contributed by atoms with Gasteiger partial charge in [0, 0.05) is 38.1 Å². The minimum absolute atomic E-state index is 0.230. The summed E-state index contributed by atoms with van der Waals surface area (Å²) < 4.78 is 0. The van der Waals surface area contributed by atoms with Gasteiger partial charge in [0.1, 0.15) is 5.54 Å². The van der Waals surface area contributed by atoms with Gasteiger partial charge in [0.15, 0.2) is 0 Å². The van der Waals surface area contributed by atoms with E-state index in [1.807, 2.05) is 6.07 Å². The van der Waals surface area contributed by atoms with E-state index in [9.17, 15) is 4.79 Å². The average Bonchev–Trinajstić information content (AvgIpc) is 3.10. The van der Waals surface area contributed by atoms with Crippen molar-refractivity contribution in [1.29, 1.82) is 0 Å². The number of benzene rings is 2. The van der Waals surface area contributed by atoms with Gasteiger partial charge in [-0.05, 0) is 48.1 Å². The Balaban J connectivity index is 1.35. The van der Waals surface area contributed by atoms with Crippen LogP contribution in [-0.2, 0) is 17.8 Å². The summed E-state index contributed by atoms with van der Waals surface area (Å²) in [5.74, 6) is 2.46. The van der Waals surface area contributed by atoms with Crippen molar-refractivity contribution in [2.75, 3.05) is 19.6 Å². The molecule has 32 heavy (non-hydrogen) atoms. The van der Waals surface area contributed by atoms with Crippen molar-refractivity contribution < 1.29 is 4.79 Å². The second-order valence-electron chi connectivity index (χ2n) is 10.6. The molecule has 0 aromatic heterocycles. The molecule has 6 rings (SSSR count). The average molecular weight is 432 g/mol. The van der Waals surface area contributed by atoms with Crippen LogP contribution >= 0.6 is 0 Å². The Bertz CT molecular complexity index is 915. The van der Waals surface area contributed by atoms with E-state index in [4.69, 9.17) is 0 Å². The molecule has 4 fully saturated rings. The second-order valence-corrected chi connectivity index (χ2v) is 10.6. The first-order chi connectivity index (χ1) is 15.6. The van der Waals surface area contributed by atoms with Gasteiger partial charge >= 0.3 is 0 Å². The zero-order chi connectivity index (χ0) is 22.1. The number of piperidine rings is 2. The van der Waals surface area contributed by atoms with Gasteiger partial charge in [-0.2, -0.15) is 0 Å². The Morgan fingerprint density at radius 1 is 1.09 bits per heavy atom. The van der Waals surface area contributed by atoms with Gasteiger partial charge in [0.2, 0.25) is 5.91 Å². The predicted molar refractivity (Wildman–Crippen MR) is 129 cm³/mol. The Morgan fingerprint density at radius 3 is 2.47 bits per heavy atom. The summed E-state index contributed by atoms with van der Waals surface area (Å²) in [7, 11) is 0. The fourth-order valence-corrected chi connectivity index (χ4v) is 6.82. The molecule has 2 aromatic rings. The molecule has 1 aliphatic carbocycles. The van der Waals surface area contributed by atoms with Crippen molar-refractivity contribution >= 4 is 5.91 Å². The van der Waals surface area contributed by atoms with Crippen LogP contribution in [0.15, 0.2) is 60.7 Å². The van der Waals surface area contributed by atoms with E-state index in [1.165, 1.54) is 11.1 Å². The molecular weight excluding hydrogens is 394 g/mol. The molecule has 4 aliphatic rings. The van der Waals surface area contributed by atoms with E-state index in [2.05, 4.69) is 84.0 Å². The molecule has 2 aromatic carbocycles. The van der Waals surface area contributed by atoms with Crippen molar-refractivity contribution in [2.24, 2.45) is 23.7 Å². The smallest absolute Gasteiger partial charge is 0.240 e. The lowest BCUT2D eigenvalue weighted by Crippen LogP contribution is -2.74. The van der Waals surface area contributed by atoms with Crippen molar-refractivity contribution in [1.82, 2.24) is 15.5 Å². The lowest BCUT2D eigenvalue weighted by atomic mass is 9.57. The number of fused-ring (bicyclic) bond motifs is 1. The molecule has 5 atom stereocenters. The molecule has 2 N–H and O–H groups in total. The van der Waals surface area contributed by atoms with Gasteiger partial charge in [-0.3, -0.25) is 9.69 Å². The summed E-state index contributed by atoms with van der Waals surface area (Å²) in [5.41, 5.74) is 2.24. The lowest BCUT2D eigenvalue weighted by Gasteiger charge is -2.56. The molecule has 1 amide bonds. The fourth-order valence-electron chi connectivity index (χ4n) is 6.82. The highest BCUT2D eigenvalue weighted by Crippen LogP contribution is 2.53. The van der Waals surface area contributed by atoms with Crippen molar-refractivity contribution in [3.63, 3.8) is 0 Å². The Hall–Kier alpha value is -2.17. The molecule has 3 aliphatic heterocycles. The van der Waals surface area contributed by atoms with Crippen LogP contribution in [0.2, 0.25) is 0 Å². The molecule has 4 heteroatoms. The van der Waals surface area contributed by atoms with Crippen molar-refractivity contribution in [3.05, 3.63) is 71.8 Å². The summed E-state index contributed by atoms with van der Waals surface area (Å²) in [6.45, 7) is 8.40. The van der Waals surface area contributed by atoms with Crippen LogP contribution in [0.5, 0.6) is 0 Å². The third-order valence-corrected chi connectivity index (χ3v) is 8.12. The van der Waals surface area contributed by atoms with Crippen LogP contribution in [0, 0.1) is 23.7 Å². The molecule has 170 valence electrons. The zero-order valence-corrected chi connectivity index (χ0v) is 19.5. The quantitative estimate of drug-likeness (QED) is 0.667. The maximum absolute atomic E-state index is 13.7. The Labute approximate surface area is 192 Å². The van der Waals surface area contributed by atoms with Crippen LogP contribution in [0.1, 0.15) is 37.8 Å². The number of carbonyl (C=O) groups is 1. The summed E-state index contributed by atoms with van der Waals surface area (Å²) in [4.78, 5) is 16.5. The summed E-state index contributed by atoms with van der Waals surface area (Å²) in [5, 5.41) is 7.12. The topological polar surface area (TPSA) is 44.4 Å². The van der Waals surface area contributed by atoms with Crippen LogP contribution in [0.25, 0.3) is 0 Å². The molecule has 4 nitrogen and oxygen atoms in total. The van der Waals surface area contributed by atoms with E-state index in [0.29, 0.717) is 36.3 Å². The maximum Gasteiger partial charge on any atom is 0.240 e. The zero-order valence-electron chi connectivity index (χ0n) is 19.5. The normalized spacial score (nSPS) is 31.2.